The van der Waals surface area contributed by atoms with E-state index in [0.717, 1.165) is 31.2 Å². The minimum Gasteiger partial charge on any atom is -0.354 e. The van der Waals surface area contributed by atoms with Gasteiger partial charge in [-0.1, -0.05) is 43.2 Å². The van der Waals surface area contributed by atoms with Gasteiger partial charge in [0.25, 0.3) is 0 Å². The van der Waals surface area contributed by atoms with Gasteiger partial charge in [0, 0.05) is 19.0 Å². The molecule has 0 aromatic heterocycles. The van der Waals surface area contributed by atoms with Gasteiger partial charge in [-0.25, -0.2) is 8.42 Å². The van der Waals surface area contributed by atoms with E-state index >= 15 is 0 Å². The quantitative estimate of drug-likeness (QED) is 0.796. The van der Waals surface area contributed by atoms with Gasteiger partial charge >= 0.3 is 0 Å². The first-order valence-corrected chi connectivity index (χ1v) is 9.49. The van der Waals surface area contributed by atoms with E-state index in [2.05, 4.69) is 5.32 Å². The predicted octanol–water partition coefficient (Wildman–Crippen LogP) is 1.55. The summed E-state index contributed by atoms with van der Waals surface area (Å²) in [6.07, 6.45) is 3.44. The van der Waals surface area contributed by atoms with Gasteiger partial charge in [0.2, 0.25) is 5.91 Å². The standard InChI is InChI=1S/C16H24N2O3S/c17-15(13-6-2-1-3-7-13)12-18-16(19)10-11-22(20,21)14-8-4-5-9-14/h1-3,6-7,14-15H,4-5,8-12,17H2,(H,18,19). The highest BCUT2D eigenvalue weighted by molar-refractivity contribution is 7.92. The average molecular weight is 324 g/mol. The Morgan fingerprint density at radius 3 is 2.50 bits per heavy atom. The number of amides is 1. The molecule has 0 saturated heterocycles. The summed E-state index contributed by atoms with van der Waals surface area (Å²) in [6.45, 7) is 0.312. The van der Waals surface area contributed by atoms with Gasteiger partial charge in [0.05, 0.1) is 11.0 Å². The third-order valence-corrected chi connectivity index (χ3v) is 6.43. The Hall–Kier alpha value is -1.40. The number of hydrogen-bond acceptors (Lipinski definition) is 4. The zero-order chi connectivity index (χ0) is 16.0. The molecule has 1 fully saturated rings. The van der Waals surface area contributed by atoms with E-state index in [4.69, 9.17) is 5.73 Å². The molecule has 0 aliphatic heterocycles. The molecule has 22 heavy (non-hydrogen) atoms. The molecule has 1 unspecified atom stereocenters. The van der Waals surface area contributed by atoms with E-state index in [1.54, 1.807) is 0 Å². The highest BCUT2D eigenvalue weighted by atomic mass is 32.2. The Labute approximate surface area is 132 Å². The summed E-state index contributed by atoms with van der Waals surface area (Å²) in [7, 11) is -3.14. The lowest BCUT2D eigenvalue weighted by Crippen LogP contribution is -2.33. The zero-order valence-corrected chi connectivity index (χ0v) is 13.5. The number of hydrogen-bond donors (Lipinski definition) is 2. The van der Waals surface area contributed by atoms with Crippen LogP contribution in [0.25, 0.3) is 0 Å². The van der Waals surface area contributed by atoms with Crippen LogP contribution in [-0.2, 0) is 14.6 Å². The molecule has 0 radical (unpaired) electrons. The summed E-state index contributed by atoms with van der Waals surface area (Å²) in [5.74, 6) is -0.322. The van der Waals surface area contributed by atoms with Crippen molar-refractivity contribution in [2.24, 2.45) is 5.73 Å². The Morgan fingerprint density at radius 1 is 1.23 bits per heavy atom. The third-order valence-electron chi connectivity index (χ3n) is 4.17. The van der Waals surface area contributed by atoms with E-state index in [0.29, 0.717) is 6.54 Å². The maximum Gasteiger partial charge on any atom is 0.221 e. The Kier molecular flexibility index (Phi) is 5.97. The van der Waals surface area contributed by atoms with Crippen LogP contribution in [0.4, 0.5) is 0 Å². The van der Waals surface area contributed by atoms with Gasteiger partial charge in [-0.05, 0) is 18.4 Å². The van der Waals surface area contributed by atoms with Crippen molar-refractivity contribution in [3.8, 4) is 0 Å². The first kappa shape index (κ1) is 17.0. The molecule has 1 aliphatic carbocycles. The molecular weight excluding hydrogens is 300 g/mol. The van der Waals surface area contributed by atoms with Crippen LogP contribution in [-0.4, -0.2) is 31.9 Å². The van der Waals surface area contributed by atoms with Gasteiger partial charge in [0.15, 0.2) is 9.84 Å². The van der Waals surface area contributed by atoms with Crippen molar-refractivity contribution in [1.82, 2.24) is 5.32 Å². The van der Waals surface area contributed by atoms with Gasteiger partial charge in [-0.15, -0.1) is 0 Å². The van der Waals surface area contributed by atoms with E-state index < -0.39 is 9.84 Å². The minimum absolute atomic E-state index is 0.0142. The van der Waals surface area contributed by atoms with E-state index in [1.807, 2.05) is 30.3 Å². The van der Waals surface area contributed by atoms with Crippen LogP contribution in [0.2, 0.25) is 0 Å². The highest BCUT2D eigenvalue weighted by Crippen LogP contribution is 2.25. The van der Waals surface area contributed by atoms with Crippen LogP contribution < -0.4 is 11.1 Å². The van der Waals surface area contributed by atoms with Crippen LogP contribution in [0.15, 0.2) is 30.3 Å². The van der Waals surface area contributed by atoms with Crippen molar-refractivity contribution in [3.05, 3.63) is 35.9 Å². The molecule has 1 aromatic carbocycles. The molecular formula is C16H24N2O3S. The van der Waals surface area contributed by atoms with Gasteiger partial charge in [0.1, 0.15) is 0 Å². The fraction of sp³-hybridized carbons (Fsp3) is 0.562. The summed E-state index contributed by atoms with van der Waals surface area (Å²) in [5.41, 5.74) is 6.94. The number of benzene rings is 1. The van der Waals surface area contributed by atoms with Crippen molar-refractivity contribution in [2.45, 2.75) is 43.4 Å². The maximum atomic E-state index is 12.1. The second kappa shape index (κ2) is 7.74. The van der Waals surface area contributed by atoms with Crippen LogP contribution in [0.3, 0.4) is 0 Å². The first-order chi connectivity index (χ1) is 10.5. The number of nitrogens with one attached hydrogen (secondary N) is 1. The Balaban J connectivity index is 1.74. The number of nitrogens with two attached hydrogens (primary N) is 1. The Bertz CT molecular complexity index is 581. The fourth-order valence-corrected chi connectivity index (χ4v) is 4.63. The largest absolute Gasteiger partial charge is 0.354 e. The van der Waals surface area contributed by atoms with Crippen LogP contribution in [0, 0.1) is 0 Å². The summed E-state index contributed by atoms with van der Waals surface area (Å²) in [5, 5.41) is 2.47. The number of rotatable bonds is 7. The molecule has 1 atom stereocenters. The second-order valence-corrected chi connectivity index (χ2v) is 8.25. The summed E-state index contributed by atoms with van der Waals surface area (Å²) < 4.78 is 24.2. The van der Waals surface area contributed by atoms with Crippen LogP contribution in [0.5, 0.6) is 0 Å². The maximum absolute atomic E-state index is 12.1. The zero-order valence-electron chi connectivity index (χ0n) is 12.7. The monoisotopic (exact) mass is 324 g/mol. The van der Waals surface area contributed by atoms with Crippen molar-refractivity contribution >= 4 is 15.7 Å². The summed E-state index contributed by atoms with van der Waals surface area (Å²) >= 11 is 0. The molecule has 1 amide bonds. The number of sulfone groups is 1. The third kappa shape index (κ3) is 4.81. The molecule has 1 saturated carbocycles. The molecule has 0 heterocycles. The SMILES string of the molecule is NC(CNC(=O)CCS(=O)(=O)C1CCCC1)c1ccccc1. The Morgan fingerprint density at radius 2 is 1.86 bits per heavy atom. The topological polar surface area (TPSA) is 89.3 Å². The lowest BCUT2D eigenvalue weighted by molar-refractivity contribution is -0.120. The first-order valence-electron chi connectivity index (χ1n) is 7.78. The molecule has 1 aliphatic rings. The van der Waals surface area contributed by atoms with Crippen molar-refractivity contribution in [2.75, 3.05) is 12.3 Å². The molecule has 0 bridgehead atoms. The van der Waals surface area contributed by atoms with Gasteiger partial charge in [-0.3, -0.25) is 4.79 Å². The molecule has 2 rings (SSSR count). The normalized spacial score (nSPS) is 17.3. The molecule has 5 nitrogen and oxygen atoms in total. The van der Waals surface area contributed by atoms with Crippen molar-refractivity contribution in [3.63, 3.8) is 0 Å². The van der Waals surface area contributed by atoms with Gasteiger partial charge < -0.3 is 11.1 Å². The second-order valence-electron chi connectivity index (χ2n) is 5.84. The summed E-state index contributed by atoms with van der Waals surface area (Å²) in [6, 6.07) is 9.22. The molecule has 122 valence electrons. The number of carbonyl (C=O) groups is 1. The highest BCUT2D eigenvalue weighted by Gasteiger charge is 2.28. The van der Waals surface area contributed by atoms with E-state index in [-0.39, 0.29) is 29.4 Å². The lowest BCUT2D eigenvalue weighted by Gasteiger charge is -2.14. The molecule has 0 spiro atoms. The van der Waals surface area contributed by atoms with Gasteiger partial charge in [-0.2, -0.15) is 0 Å². The molecule has 6 heteroatoms. The smallest absolute Gasteiger partial charge is 0.221 e. The van der Waals surface area contributed by atoms with Crippen LogP contribution >= 0.6 is 0 Å². The average Bonchev–Trinajstić information content (AvgIpc) is 3.07. The van der Waals surface area contributed by atoms with Crippen molar-refractivity contribution < 1.29 is 13.2 Å². The van der Waals surface area contributed by atoms with Crippen molar-refractivity contribution in [1.29, 1.82) is 0 Å². The van der Waals surface area contributed by atoms with E-state index in [1.165, 1.54) is 0 Å². The molecule has 1 aromatic rings. The fourth-order valence-electron chi connectivity index (χ4n) is 2.78. The molecule has 3 N–H and O–H groups in total. The number of carbonyl (C=O) groups excluding carboxylic acids is 1. The minimum atomic E-state index is -3.14. The summed E-state index contributed by atoms with van der Waals surface area (Å²) in [4.78, 5) is 11.8. The van der Waals surface area contributed by atoms with Crippen LogP contribution in [0.1, 0.15) is 43.7 Å². The van der Waals surface area contributed by atoms with E-state index in [9.17, 15) is 13.2 Å². The predicted molar refractivity (Wildman–Crippen MR) is 87.0 cm³/mol. The lowest BCUT2D eigenvalue weighted by atomic mass is 10.1.